The molecular weight excluding hydrogens is 510 g/mol. The number of likely N-dealkylation sites (N-methyl/N-ethyl adjacent to an activating group) is 1. The van der Waals surface area contributed by atoms with Crippen molar-refractivity contribution in [1.82, 2.24) is 14.8 Å². The highest BCUT2D eigenvalue weighted by Gasteiger charge is 2.35. The van der Waals surface area contributed by atoms with Gasteiger partial charge in [0.25, 0.3) is 11.8 Å². The lowest BCUT2D eigenvalue weighted by Crippen LogP contribution is -2.50. The van der Waals surface area contributed by atoms with Crippen LogP contribution in [0.2, 0.25) is 0 Å². The van der Waals surface area contributed by atoms with Crippen molar-refractivity contribution in [3.05, 3.63) is 83.0 Å². The lowest BCUT2D eigenvalue weighted by Gasteiger charge is -2.37. The Morgan fingerprint density at radius 3 is 2.65 bits per heavy atom. The lowest BCUT2D eigenvalue weighted by atomic mass is 9.99. The van der Waals surface area contributed by atoms with E-state index in [1.54, 1.807) is 47.3 Å². The monoisotopic (exact) mass is 543 g/mol. The molecule has 0 spiro atoms. The minimum atomic E-state index is -0.457. The molecule has 0 fully saturated rings. The van der Waals surface area contributed by atoms with E-state index < -0.39 is 12.1 Å². The number of hydrogen-bond acceptors (Lipinski definition) is 7. The van der Waals surface area contributed by atoms with E-state index in [0.29, 0.717) is 29.2 Å². The van der Waals surface area contributed by atoms with Crippen molar-refractivity contribution < 1.29 is 28.9 Å². The summed E-state index contributed by atoms with van der Waals surface area (Å²) in [5, 5.41) is 9.92. The van der Waals surface area contributed by atoms with E-state index in [0.717, 1.165) is 11.1 Å². The van der Waals surface area contributed by atoms with Crippen molar-refractivity contribution in [3.63, 3.8) is 0 Å². The van der Waals surface area contributed by atoms with Gasteiger partial charge in [-0.25, -0.2) is 4.98 Å². The molecule has 9 heteroatoms. The summed E-state index contributed by atoms with van der Waals surface area (Å²) in [5.74, 6) is 0.753. The number of aromatic nitrogens is 1. The first-order chi connectivity index (χ1) is 19.3. The number of carbonyl (C=O) groups is 2. The second-order valence-electron chi connectivity index (χ2n) is 10.2. The van der Waals surface area contributed by atoms with Gasteiger partial charge < -0.3 is 29.1 Å². The number of nitrogens with zero attached hydrogens (tertiary/aromatic N) is 3. The predicted molar refractivity (Wildman–Crippen MR) is 150 cm³/mol. The Morgan fingerprint density at radius 1 is 1.12 bits per heavy atom. The molecule has 2 amide bonds. The van der Waals surface area contributed by atoms with Crippen molar-refractivity contribution in [1.29, 1.82) is 0 Å². The molecular formula is C31H33N3O6. The summed E-state index contributed by atoms with van der Waals surface area (Å²) < 4.78 is 17.1. The zero-order valence-corrected chi connectivity index (χ0v) is 22.8. The Morgan fingerprint density at radius 2 is 1.88 bits per heavy atom. The molecule has 0 radical (unpaired) electrons. The van der Waals surface area contributed by atoms with Gasteiger partial charge in [0, 0.05) is 31.3 Å². The van der Waals surface area contributed by atoms with Gasteiger partial charge in [0.2, 0.25) is 12.7 Å². The Hall–Kier alpha value is -4.37. The topological polar surface area (TPSA) is 101 Å². The molecule has 208 valence electrons. The highest BCUT2D eigenvalue weighted by Crippen LogP contribution is 2.33. The lowest BCUT2D eigenvalue weighted by molar-refractivity contribution is 0.0313. The first-order valence-electron chi connectivity index (χ1n) is 13.3. The van der Waals surface area contributed by atoms with Crippen LogP contribution in [-0.2, 0) is 0 Å². The second-order valence-corrected chi connectivity index (χ2v) is 10.2. The summed E-state index contributed by atoms with van der Waals surface area (Å²) >= 11 is 0. The highest BCUT2D eigenvalue weighted by atomic mass is 16.7. The minimum absolute atomic E-state index is 0.133. The van der Waals surface area contributed by atoms with E-state index >= 15 is 0 Å². The minimum Gasteiger partial charge on any atom is -0.472 e. The Bertz CT molecular complexity index is 1410. The van der Waals surface area contributed by atoms with Gasteiger partial charge in [-0.05, 0) is 42.3 Å². The van der Waals surface area contributed by atoms with Gasteiger partial charge in [-0.1, -0.05) is 49.4 Å². The fourth-order valence-corrected chi connectivity index (χ4v) is 4.79. The number of carbonyl (C=O) groups excluding carboxylic acids is 2. The Kier molecular flexibility index (Phi) is 8.02. The molecule has 1 aromatic heterocycles. The first-order valence-corrected chi connectivity index (χ1v) is 13.3. The smallest absolute Gasteiger partial charge is 0.259 e. The van der Waals surface area contributed by atoms with Crippen LogP contribution >= 0.6 is 0 Å². The van der Waals surface area contributed by atoms with Gasteiger partial charge in [0.1, 0.15) is 11.7 Å². The molecule has 3 atom stereocenters. The molecule has 3 aromatic rings. The van der Waals surface area contributed by atoms with E-state index in [4.69, 9.17) is 14.2 Å². The van der Waals surface area contributed by atoms with Crippen LogP contribution in [0.3, 0.4) is 0 Å². The van der Waals surface area contributed by atoms with E-state index in [2.05, 4.69) is 4.98 Å². The first kappa shape index (κ1) is 27.2. The Balaban J connectivity index is 1.41. The summed E-state index contributed by atoms with van der Waals surface area (Å²) in [7, 11) is 1.72. The maximum atomic E-state index is 13.7. The molecule has 40 heavy (non-hydrogen) atoms. The van der Waals surface area contributed by atoms with Crippen LogP contribution in [0.1, 0.15) is 45.7 Å². The average Bonchev–Trinajstić information content (AvgIpc) is 3.45. The Labute approximate surface area is 233 Å². The fourth-order valence-electron chi connectivity index (χ4n) is 4.79. The molecule has 0 aliphatic carbocycles. The third kappa shape index (κ3) is 5.79. The molecule has 0 saturated heterocycles. The molecule has 2 aliphatic rings. The zero-order chi connectivity index (χ0) is 28.2. The van der Waals surface area contributed by atoms with Crippen LogP contribution in [-0.4, -0.2) is 77.4 Å². The van der Waals surface area contributed by atoms with Gasteiger partial charge >= 0.3 is 0 Å². The number of pyridine rings is 1. The summed E-state index contributed by atoms with van der Waals surface area (Å²) in [6.45, 7) is 4.35. The quantitative estimate of drug-likeness (QED) is 0.481. The molecule has 5 rings (SSSR count). The van der Waals surface area contributed by atoms with Gasteiger partial charge in [-0.15, -0.1) is 0 Å². The predicted octanol–water partition coefficient (Wildman–Crippen LogP) is 3.97. The summed E-state index contributed by atoms with van der Waals surface area (Å²) in [6.07, 6.45) is 5.05. The normalized spacial score (nSPS) is 19.0. The van der Waals surface area contributed by atoms with Crippen molar-refractivity contribution in [2.75, 3.05) is 33.5 Å². The maximum Gasteiger partial charge on any atom is 0.259 e. The van der Waals surface area contributed by atoms with Crippen LogP contribution in [0.25, 0.3) is 12.2 Å². The van der Waals surface area contributed by atoms with E-state index in [-0.39, 0.29) is 43.6 Å². The van der Waals surface area contributed by atoms with Gasteiger partial charge in [0.05, 0.1) is 19.2 Å². The van der Waals surface area contributed by atoms with Gasteiger partial charge in [0.15, 0.2) is 11.5 Å². The molecule has 9 nitrogen and oxygen atoms in total. The number of aliphatic hydroxyl groups is 1. The van der Waals surface area contributed by atoms with Crippen molar-refractivity contribution in [3.8, 4) is 17.4 Å². The van der Waals surface area contributed by atoms with E-state index in [1.807, 2.05) is 56.3 Å². The SMILES string of the molecule is C[C@H]1CN([C@@H](C)CO)C(=O)c2cc(/C=C/c3ccccc3)cnc2O[C@H]1CN(C)C(=O)c1ccc2c(c1)OCO2. The summed E-state index contributed by atoms with van der Waals surface area (Å²) in [6, 6.07) is 16.3. The number of fused-ring (bicyclic) bond motifs is 2. The maximum absolute atomic E-state index is 13.7. The highest BCUT2D eigenvalue weighted by molar-refractivity contribution is 5.97. The summed E-state index contributed by atoms with van der Waals surface area (Å²) in [5.41, 5.74) is 2.56. The van der Waals surface area contributed by atoms with Crippen LogP contribution in [0.5, 0.6) is 17.4 Å². The van der Waals surface area contributed by atoms with Crippen molar-refractivity contribution >= 4 is 24.0 Å². The van der Waals surface area contributed by atoms with E-state index in [9.17, 15) is 14.7 Å². The number of rotatable bonds is 7. The van der Waals surface area contributed by atoms with Crippen molar-refractivity contribution in [2.45, 2.75) is 26.0 Å². The average molecular weight is 544 g/mol. The number of aliphatic hydroxyl groups excluding tert-OH is 1. The van der Waals surface area contributed by atoms with Crippen LogP contribution < -0.4 is 14.2 Å². The van der Waals surface area contributed by atoms with Crippen LogP contribution in [0.4, 0.5) is 0 Å². The van der Waals surface area contributed by atoms with Crippen LogP contribution in [0, 0.1) is 5.92 Å². The number of ether oxygens (including phenoxy) is 3. The molecule has 1 N–H and O–H groups in total. The number of benzene rings is 2. The molecule has 0 bridgehead atoms. The molecule has 2 aliphatic heterocycles. The van der Waals surface area contributed by atoms with Gasteiger partial charge in [-0.3, -0.25) is 9.59 Å². The molecule has 3 heterocycles. The third-order valence-electron chi connectivity index (χ3n) is 7.23. The molecule has 2 aromatic carbocycles. The third-order valence-corrected chi connectivity index (χ3v) is 7.23. The number of hydrogen-bond donors (Lipinski definition) is 1. The fraction of sp³-hybridized carbons (Fsp3) is 0.323. The molecule has 0 unspecified atom stereocenters. The van der Waals surface area contributed by atoms with E-state index in [1.165, 1.54) is 0 Å². The standard InChI is InChI=1S/C31H33N3O6/c1-20-16-34(21(2)18-35)31(37)25-13-23(10-9-22-7-5-4-6-8-22)15-32-29(25)40-28(20)17-33(3)30(36)24-11-12-26-27(14-24)39-19-38-26/h4-15,20-21,28,35H,16-19H2,1-3H3/b10-9+/t20-,21-,28-/m0/s1. The van der Waals surface area contributed by atoms with Gasteiger partial charge in [-0.2, -0.15) is 0 Å². The largest absolute Gasteiger partial charge is 0.472 e. The molecule has 0 saturated carbocycles. The summed E-state index contributed by atoms with van der Waals surface area (Å²) in [4.78, 5) is 34.7. The number of amides is 2. The van der Waals surface area contributed by atoms with Crippen LogP contribution in [0.15, 0.2) is 60.8 Å². The second kappa shape index (κ2) is 11.8. The zero-order valence-electron chi connectivity index (χ0n) is 22.8. The van der Waals surface area contributed by atoms with Crippen molar-refractivity contribution in [2.24, 2.45) is 5.92 Å².